The lowest BCUT2D eigenvalue weighted by Gasteiger charge is -2.05. The molecule has 0 saturated heterocycles. The highest BCUT2D eigenvalue weighted by atomic mass is 16.5. The minimum atomic E-state index is -0.618. The summed E-state index contributed by atoms with van der Waals surface area (Å²) >= 11 is 0. The molecule has 3 nitrogen and oxygen atoms in total. The number of rotatable bonds is 13. The maximum atomic E-state index is 11.0. The molecule has 1 aromatic rings. The van der Waals surface area contributed by atoms with Crippen LogP contribution < -0.4 is 4.74 Å². The van der Waals surface area contributed by atoms with Gasteiger partial charge < -0.3 is 9.84 Å². The average Bonchev–Trinajstić information content (AvgIpc) is 2.58. The Hall–Kier alpha value is -1.35. The van der Waals surface area contributed by atoms with Crippen molar-refractivity contribution in [1.82, 2.24) is 0 Å². The summed E-state index contributed by atoms with van der Waals surface area (Å²) in [6.07, 6.45) is 14.6. The van der Waals surface area contributed by atoms with Crippen LogP contribution in [0.2, 0.25) is 0 Å². The SMILES string of the molecule is CCCCCCCCCCCCc1ccc(OC(=O)CO)cc1. The van der Waals surface area contributed by atoms with Crippen LogP contribution in [0.1, 0.15) is 76.7 Å². The summed E-state index contributed by atoms with van der Waals surface area (Å²) < 4.78 is 4.93. The predicted molar refractivity (Wildman–Crippen MR) is 94.7 cm³/mol. The molecule has 0 heterocycles. The number of ether oxygens (including phenoxy) is 1. The van der Waals surface area contributed by atoms with Gasteiger partial charge in [-0.3, -0.25) is 0 Å². The summed E-state index contributed by atoms with van der Waals surface area (Å²) in [5.74, 6) is -0.122. The minimum Gasteiger partial charge on any atom is -0.425 e. The second-order valence-electron chi connectivity index (χ2n) is 6.21. The fraction of sp³-hybridized carbons (Fsp3) is 0.650. The number of carbonyl (C=O) groups is 1. The molecule has 1 aromatic carbocycles. The van der Waals surface area contributed by atoms with E-state index in [1.807, 2.05) is 12.1 Å². The summed E-state index contributed by atoms with van der Waals surface area (Å²) in [6.45, 7) is 1.68. The van der Waals surface area contributed by atoms with E-state index in [4.69, 9.17) is 9.84 Å². The number of benzene rings is 1. The molecular weight excluding hydrogens is 288 g/mol. The van der Waals surface area contributed by atoms with Crippen LogP contribution in [-0.4, -0.2) is 17.7 Å². The van der Waals surface area contributed by atoms with Crippen molar-refractivity contribution in [3.63, 3.8) is 0 Å². The molecule has 0 unspecified atom stereocenters. The zero-order chi connectivity index (χ0) is 16.8. The highest BCUT2D eigenvalue weighted by molar-refractivity contribution is 5.73. The maximum absolute atomic E-state index is 11.0. The summed E-state index contributed by atoms with van der Waals surface area (Å²) in [6, 6.07) is 7.57. The predicted octanol–water partition coefficient (Wildman–Crippen LogP) is 5.05. The van der Waals surface area contributed by atoms with Gasteiger partial charge in [0.15, 0.2) is 0 Å². The number of aryl methyl sites for hydroxylation is 1. The van der Waals surface area contributed by atoms with Crippen LogP contribution in [0.3, 0.4) is 0 Å². The molecule has 3 heteroatoms. The maximum Gasteiger partial charge on any atom is 0.337 e. The first-order valence-electron chi connectivity index (χ1n) is 9.16. The Morgan fingerprint density at radius 2 is 1.39 bits per heavy atom. The molecule has 0 radical (unpaired) electrons. The smallest absolute Gasteiger partial charge is 0.337 e. The first kappa shape index (κ1) is 19.7. The summed E-state index contributed by atoms with van der Waals surface area (Å²) in [7, 11) is 0. The van der Waals surface area contributed by atoms with Crippen LogP contribution in [0.15, 0.2) is 24.3 Å². The standard InChI is InChI=1S/C20H32O3/c1-2-3-4-5-6-7-8-9-10-11-12-18-13-15-19(16-14-18)23-20(22)17-21/h13-16,21H,2-12,17H2,1H3. The summed E-state index contributed by atoms with van der Waals surface area (Å²) in [4.78, 5) is 11.0. The molecule has 0 aliphatic heterocycles. The Bertz CT molecular complexity index is 411. The van der Waals surface area contributed by atoms with Gasteiger partial charge in [0.25, 0.3) is 0 Å². The van der Waals surface area contributed by atoms with Crippen molar-refractivity contribution in [2.75, 3.05) is 6.61 Å². The van der Waals surface area contributed by atoms with E-state index in [1.165, 1.54) is 69.8 Å². The average molecular weight is 320 g/mol. The first-order chi connectivity index (χ1) is 11.3. The Balaban J connectivity index is 2.02. The third-order valence-corrected chi connectivity index (χ3v) is 4.10. The highest BCUT2D eigenvalue weighted by Gasteiger charge is 2.02. The number of esters is 1. The van der Waals surface area contributed by atoms with Crippen molar-refractivity contribution in [2.45, 2.75) is 77.6 Å². The quantitative estimate of drug-likeness (QED) is 0.314. The first-order valence-corrected chi connectivity index (χ1v) is 9.16. The van der Waals surface area contributed by atoms with Gasteiger partial charge in [0.05, 0.1) is 0 Å². The zero-order valence-electron chi connectivity index (χ0n) is 14.6. The van der Waals surface area contributed by atoms with E-state index in [1.54, 1.807) is 12.1 Å². The van der Waals surface area contributed by atoms with Gasteiger partial charge in [0.2, 0.25) is 0 Å². The topological polar surface area (TPSA) is 46.5 Å². The number of hydrogen-bond donors (Lipinski definition) is 1. The zero-order valence-corrected chi connectivity index (χ0v) is 14.6. The van der Waals surface area contributed by atoms with Gasteiger partial charge in [-0.15, -0.1) is 0 Å². The van der Waals surface area contributed by atoms with E-state index in [2.05, 4.69) is 6.92 Å². The molecule has 0 amide bonds. The molecule has 0 spiro atoms. The molecule has 0 saturated carbocycles. The third-order valence-electron chi connectivity index (χ3n) is 4.10. The lowest BCUT2D eigenvalue weighted by atomic mass is 10.0. The molecule has 0 fully saturated rings. The van der Waals surface area contributed by atoms with E-state index < -0.39 is 12.6 Å². The van der Waals surface area contributed by atoms with Crippen LogP contribution in [0, 0.1) is 0 Å². The molecule has 0 atom stereocenters. The monoisotopic (exact) mass is 320 g/mol. The van der Waals surface area contributed by atoms with Crippen molar-refractivity contribution in [2.24, 2.45) is 0 Å². The van der Waals surface area contributed by atoms with Crippen LogP contribution in [-0.2, 0) is 11.2 Å². The normalized spacial score (nSPS) is 10.7. The molecule has 0 aromatic heterocycles. The Morgan fingerprint density at radius 1 is 0.870 bits per heavy atom. The van der Waals surface area contributed by atoms with Crippen molar-refractivity contribution >= 4 is 5.97 Å². The number of carbonyl (C=O) groups excluding carboxylic acids is 1. The number of aliphatic hydroxyl groups excluding tert-OH is 1. The summed E-state index contributed by atoms with van der Waals surface area (Å²) in [5, 5.41) is 8.63. The van der Waals surface area contributed by atoms with Gasteiger partial charge in [-0.25, -0.2) is 4.79 Å². The van der Waals surface area contributed by atoms with Gasteiger partial charge in [-0.2, -0.15) is 0 Å². The summed E-state index contributed by atoms with van der Waals surface area (Å²) in [5.41, 5.74) is 1.27. The number of unbranched alkanes of at least 4 members (excludes halogenated alkanes) is 9. The lowest BCUT2D eigenvalue weighted by Crippen LogP contribution is -2.11. The van der Waals surface area contributed by atoms with Crippen LogP contribution in [0.25, 0.3) is 0 Å². The van der Waals surface area contributed by atoms with E-state index in [9.17, 15) is 4.79 Å². The van der Waals surface area contributed by atoms with E-state index in [0.717, 1.165) is 6.42 Å². The molecule has 0 bridgehead atoms. The molecule has 1 rings (SSSR count). The fourth-order valence-electron chi connectivity index (χ4n) is 2.70. The molecular formula is C20H32O3. The van der Waals surface area contributed by atoms with E-state index in [0.29, 0.717) is 5.75 Å². The minimum absolute atomic E-state index is 0.496. The second kappa shape index (κ2) is 13.1. The molecule has 0 aliphatic rings. The van der Waals surface area contributed by atoms with Crippen LogP contribution in [0.4, 0.5) is 0 Å². The molecule has 1 N–H and O–H groups in total. The number of aliphatic hydroxyl groups is 1. The van der Waals surface area contributed by atoms with Crippen molar-refractivity contribution in [3.05, 3.63) is 29.8 Å². The fourth-order valence-corrected chi connectivity index (χ4v) is 2.70. The molecule has 130 valence electrons. The highest BCUT2D eigenvalue weighted by Crippen LogP contribution is 2.15. The van der Waals surface area contributed by atoms with Gasteiger partial charge >= 0.3 is 5.97 Å². The Kier molecular flexibility index (Phi) is 11.2. The van der Waals surface area contributed by atoms with Crippen LogP contribution in [0.5, 0.6) is 5.75 Å². The van der Waals surface area contributed by atoms with E-state index >= 15 is 0 Å². The molecule has 23 heavy (non-hydrogen) atoms. The van der Waals surface area contributed by atoms with Gasteiger partial charge in [-0.05, 0) is 30.5 Å². The second-order valence-corrected chi connectivity index (χ2v) is 6.21. The van der Waals surface area contributed by atoms with Crippen molar-refractivity contribution in [1.29, 1.82) is 0 Å². The van der Waals surface area contributed by atoms with Gasteiger partial charge in [0, 0.05) is 0 Å². The van der Waals surface area contributed by atoms with E-state index in [-0.39, 0.29) is 0 Å². The van der Waals surface area contributed by atoms with Crippen molar-refractivity contribution < 1.29 is 14.6 Å². The Morgan fingerprint density at radius 3 is 1.91 bits per heavy atom. The van der Waals surface area contributed by atoms with Crippen molar-refractivity contribution in [3.8, 4) is 5.75 Å². The number of hydrogen-bond acceptors (Lipinski definition) is 3. The largest absolute Gasteiger partial charge is 0.425 e. The van der Waals surface area contributed by atoms with Gasteiger partial charge in [0.1, 0.15) is 12.4 Å². The molecule has 0 aliphatic carbocycles. The van der Waals surface area contributed by atoms with Crippen LogP contribution >= 0.6 is 0 Å². The van der Waals surface area contributed by atoms with Gasteiger partial charge in [-0.1, -0.05) is 76.8 Å². The Labute approximate surface area is 141 Å². The third kappa shape index (κ3) is 10.1. The lowest BCUT2D eigenvalue weighted by molar-refractivity contribution is -0.137.